The average molecular weight is 314 g/mol. The van der Waals surface area contributed by atoms with Crippen molar-refractivity contribution >= 4 is 13.4 Å². The van der Waals surface area contributed by atoms with E-state index in [2.05, 4.69) is 0 Å². The minimum atomic E-state index is -3.32. The molecule has 0 N–H and O–H groups in total. The lowest BCUT2D eigenvalue weighted by Gasteiger charge is -2.17. The SMILES string of the molecule is COC(CCCc1ccccc1)C(=O)CP(=O)(OC)OC. The molecule has 0 radical (unpaired) electrons. The Morgan fingerprint density at radius 2 is 1.76 bits per heavy atom. The summed E-state index contributed by atoms with van der Waals surface area (Å²) in [4.78, 5) is 12.1. The van der Waals surface area contributed by atoms with E-state index >= 15 is 0 Å². The molecule has 0 aliphatic heterocycles. The van der Waals surface area contributed by atoms with Gasteiger partial charge in [-0.15, -0.1) is 0 Å². The maximum absolute atomic E-state index is 12.1. The molecule has 0 heterocycles. The Kier molecular flexibility index (Phi) is 7.83. The van der Waals surface area contributed by atoms with Gasteiger partial charge in [0.25, 0.3) is 0 Å². The molecule has 1 atom stereocenters. The molecule has 21 heavy (non-hydrogen) atoms. The second kappa shape index (κ2) is 9.11. The summed E-state index contributed by atoms with van der Waals surface area (Å²) in [6.45, 7) is 0. The van der Waals surface area contributed by atoms with Crippen molar-refractivity contribution in [3.63, 3.8) is 0 Å². The molecule has 1 rings (SSSR count). The molecule has 5 nitrogen and oxygen atoms in total. The minimum absolute atomic E-state index is 0.252. The first-order valence-corrected chi connectivity index (χ1v) is 8.57. The van der Waals surface area contributed by atoms with Crippen molar-refractivity contribution in [3.05, 3.63) is 35.9 Å². The Balaban J connectivity index is 2.47. The van der Waals surface area contributed by atoms with Crippen LogP contribution in [-0.4, -0.2) is 39.4 Å². The molecule has 0 aliphatic rings. The smallest absolute Gasteiger partial charge is 0.337 e. The van der Waals surface area contributed by atoms with E-state index < -0.39 is 13.7 Å². The molecule has 0 saturated heterocycles. The second-order valence-corrected chi connectivity index (χ2v) is 6.97. The highest BCUT2D eigenvalue weighted by Gasteiger charge is 2.29. The second-order valence-electron chi connectivity index (χ2n) is 4.70. The first kappa shape index (κ1) is 18.1. The molecule has 0 aromatic heterocycles. The maximum Gasteiger partial charge on any atom is 0.337 e. The van der Waals surface area contributed by atoms with Crippen LogP contribution >= 0.6 is 7.60 Å². The van der Waals surface area contributed by atoms with Gasteiger partial charge >= 0.3 is 7.60 Å². The quantitative estimate of drug-likeness (QED) is 0.621. The summed E-state index contributed by atoms with van der Waals surface area (Å²) in [6.07, 6.45) is 1.44. The van der Waals surface area contributed by atoms with Gasteiger partial charge in [0.15, 0.2) is 5.78 Å². The fraction of sp³-hybridized carbons (Fsp3) is 0.533. The zero-order chi connectivity index (χ0) is 15.7. The standard InChI is InChI=1S/C15H23O5P/c1-18-15(14(16)12-21(17,19-2)20-3)11-7-10-13-8-5-4-6-9-13/h4-6,8-9,15H,7,10-12H2,1-3H3. The summed E-state index contributed by atoms with van der Waals surface area (Å²) in [5.41, 5.74) is 1.22. The number of rotatable bonds is 10. The van der Waals surface area contributed by atoms with Crippen LogP contribution < -0.4 is 0 Å². The van der Waals surface area contributed by atoms with E-state index in [1.807, 2.05) is 30.3 Å². The number of methoxy groups -OCH3 is 1. The molecule has 1 aromatic rings. The normalized spacial score (nSPS) is 13.1. The number of Topliss-reactive ketones (excluding diaryl/α,β-unsaturated/α-hetero) is 1. The first-order valence-electron chi connectivity index (χ1n) is 6.84. The number of ketones is 1. The van der Waals surface area contributed by atoms with E-state index in [9.17, 15) is 9.36 Å². The van der Waals surface area contributed by atoms with Gasteiger partial charge in [-0.1, -0.05) is 30.3 Å². The van der Waals surface area contributed by atoms with Crippen LogP contribution in [0.4, 0.5) is 0 Å². The summed E-state index contributed by atoms with van der Waals surface area (Å²) >= 11 is 0. The average Bonchev–Trinajstić information content (AvgIpc) is 2.52. The third-order valence-corrected chi connectivity index (χ3v) is 5.14. The fourth-order valence-corrected chi connectivity index (χ4v) is 3.04. The third-order valence-electron chi connectivity index (χ3n) is 3.32. The van der Waals surface area contributed by atoms with Crippen molar-refractivity contribution in [2.45, 2.75) is 25.4 Å². The molecule has 0 aliphatic carbocycles. The zero-order valence-electron chi connectivity index (χ0n) is 12.8. The van der Waals surface area contributed by atoms with E-state index in [4.69, 9.17) is 13.8 Å². The van der Waals surface area contributed by atoms with Gasteiger partial charge in [0.05, 0.1) is 0 Å². The van der Waals surface area contributed by atoms with Gasteiger partial charge in [-0.25, -0.2) is 0 Å². The van der Waals surface area contributed by atoms with Gasteiger partial charge in [-0.3, -0.25) is 9.36 Å². The van der Waals surface area contributed by atoms with Crippen molar-refractivity contribution < 1.29 is 23.1 Å². The maximum atomic E-state index is 12.1. The number of benzene rings is 1. The van der Waals surface area contributed by atoms with Crippen molar-refractivity contribution in [3.8, 4) is 0 Å². The predicted molar refractivity (Wildman–Crippen MR) is 81.7 cm³/mol. The Morgan fingerprint density at radius 3 is 2.29 bits per heavy atom. The van der Waals surface area contributed by atoms with Crippen LogP contribution in [0.3, 0.4) is 0 Å². The molecule has 0 saturated carbocycles. The van der Waals surface area contributed by atoms with Crippen LogP contribution in [0.1, 0.15) is 18.4 Å². The number of carbonyl (C=O) groups is 1. The van der Waals surface area contributed by atoms with E-state index in [0.717, 1.165) is 12.8 Å². The van der Waals surface area contributed by atoms with Crippen molar-refractivity contribution in [2.75, 3.05) is 27.5 Å². The van der Waals surface area contributed by atoms with Crippen LogP contribution in [0.15, 0.2) is 30.3 Å². The lowest BCUT2D eigenvalue weighted by molar-refractivity contribution is -0.126. The zero-order valence-corrected chi connectivity index (χ0v) is 13.7. The van der Waals surface area contributed by atoms with E-state index in [-0.39, 0.29) is 11.9 Å². The summed E-state index contributed by atoms with van der Waals surface area (Å²) in [6, 6.07) is 10.0. The van der Waals surface area contributed by atoms with Gasteiger partial charge in [0.2, 0.25) is 0 Å². The monoisotopic (exact) mass is 314 g/mol. The third kappa shape index (κ3) is 6.10. The molecule has 0 fully saturated rings. The van der Waals surface area contributed by atoms with Crippen LogP contribution in [0.2, 0.25) is 0 Å². The van der Waals surface area contributed by atoms with E-state index in [1.165, 1.54) is 26.9 Å². The van der Waals surface area contributed by atoms with Crippen LogP contribution in [0, 0.1) is 0 Å². The van der Waals surface area contributed by atoms with Crippen molar-refractivity contribution in [1.29, 1.82) is 0 Å². The predicted octanol–water partition coefficient (Wildman–Crippen LogP) is 3.08. The lowest BCUT2D eigenvalue weighted by Crippen LogP contribution is -2.26. The topological polar surface area (TPSA) is 61.8 Å². The summed E-state index contributed by atoms with van der Waals surface area (Å²) in [7, 11) is 0.703. The molecule has 0 bridgehead atoms. The number of carbonyl (C=O) groups excluding carboxylic acids is 1. The van der Waals surface area contributed by atoms with E-state index in [1.54, 1.807) is 0 Å². The molecule has 1 aromatic carbocycles. The largest absolute Gasteiger partial charge is 0.374 e. The fourth-order valence-electron chi connectivity index (χ4n) is 2.04. The highest BCUT2D eigenvalue weighted by molar-refractivity contribution is 7.54. The Morgan fingerprint density at radius 1 is 1.14 bits per heavy atom. The molecular weight excluding hydrogens is 291 g/mol. The Bertz CT molecular complexity index is 466. The highest BCUT2D eigenvalue weighted by Crippen LogP contribution is 2.46. The molecule has 118 valence electrons. The summed E-state index contributed by atoms with van der Waals surface area (Å²) in [5, 5.41) is 0. The molecule has 6 heteroatoms. The number of ether oxygens (including phenoxy) is 1. The minimum Gasteiger partial charge on any atom is -0.374 e. The van der Waals surface area contributed by atoms with Gasteiger partial charge in [0.1, 0.15) is 12.3 Å². The van der Waals surface area contributed by atoms with Crippen LogP contribution in [0.25, 0.3) is 0 Å². The van der Waals surface area contributed by atoms with Crippen LogP contribution in [0.5, 0.6) is 0 Å². The lowest BCUT2D eigenvalue weighted by atomic mass is 10.0. The van der Waals surface area contributed by atoms with Crippen molar-refractivity contribution in [1.82, 2.24) is 0 Å². The first-order chi connectivity index (χ1) is 10.0. The molecule has 0 spiro atoms. The summed E-state index contributed by atoms with van der Waals surface area (Å²) < 4.78 is 26.7. The molecule has 1 unspecified atom stereocenters. The number of aryl methyl sites for hydroxylation is 1. The van der Waals surface area contributed by atoms with E-state index in [0.29, 0.717) is 6.42 Å². The van der Waals surface area contributed by atoms with Gasteiger partial charge in [0, 0.05) is 21.3 Å². The van der Waals surface area contributed by atoms with Gasteiger partial charge < -0.3 is 13.8 Å². The molecule has 0 amide bonds. The van der Waals surface area contributed by atoms with Gasteiger partial charge in [-0.2, -0.15) is 0 Å². The number of hydrogen-bond acceptors (Lipinski definition) is 5. The molecular formula is C15H23O5P. The van der Waals surface area contributed by atoms with Gasteiger partial charge in [-0.05, 0) is 24.8 Å². The Hall–Kier alpha value is -1.00. The highest BCUT2D eigenvalue weighted by atomic mass is 31.2. The van der Waals surface area contributed by atoms with Crippen molar-refractivity contribution in [2.24, 2.45) is 0 Å². The summed E-state index contributed by atoms with van der Waals surface area (Å²) in [5.74, 6) is -0.252. The van der Waals surface area contributed by atoms with Crippen LogP contribution in [-0.2, 0) is 29.6 Å². The Labute approximate surface area is 126 Å². The number of hydrogen-bond donors (Lipinski definition) is 0.